The Morgan fingerprint density at radius 2 is 1.80 bits per heavy atom. The van der Waals surface area contributed by atoms with Gasteiger partial charge in [-0.15, -0.1) is 0 Å². The largest absolute Gasteiger partial charge is 0.496 e. The van der Waals surface area contributed by atoms with E-state index < -0.39 is 17.6 Å². The molecule has 0 bridgehead atoms. The van der Waals surface area contributed by atoms with Crippen LogP contribution in [-0.4, -0.2) is 65.5 Å². The van der Waals surface area contributed by atoms with Crippen LogP contribution in [0.4, 0.5) is 18.9 Å². The highest BCUT2D eigenvalue weighted by Crippen LogP contribution is 2.35. The van der Waals surface area contributed by atoms with Gasteiger partial charge in [0.15, 0.2) is 0 Å². The number of aromatic nitrogens is 2. The van der Waals surface area contributed by atoms with Crippen molar-refractivity contribution in [2.24, 2.45) is 0 Å². The number of ether oxygens (including phenoxy) is 1. The fourth-order valence-electron chi connectivity index (χ4n) is 5.35. The van der Waals surface area contributed by atoms with Gasteiger partial charge < -0.3 is 19.9 Å². The summed E-state index contributed by atoms with van der Waals surface area (Å²) in [7, 11) is 1.63. The van der Waals surface area contributed by atoms with Crippen molar-refractivity contribution in [2.75, 3.05) is 45.2 Å². The Morgan fingerprint density at radius 1 is 1.02 bits per heavy atom. The summed E-state index contributed by atoms with van der Waals surface area (Å²) in [5.41, 5.74) is 2.60. The number of aromatic amines is 1. The number of piperazine rings is 1. The van der Waals surface area contributed by atoms with Gasteiger partial charge in [0.2, 0.25) is 0 Å². The zero-order chi connectivity index (χ0) is 29.0. The molecule has 1 amide bonds. The van der Waals surface area contributed by atoms with Gasteiger partial charge in [0.25, 0.3) is 5.91 Å². The molecule has 0 unspecified atom stereocenters. The van der Waals surface area contributed by atoms with Crippen LogP contribution in [0.3, 0.4) is 0 Å². The number of fused-ring (bicyclic) bond motifs is 1. The highest BCUT2D eigenvalue weighted by atomic mass is 19.4. The van der Waals surface area contributed by atoms with Crippen molar-refractivity contribution < 1.29 is 22.7 Å². The van der Waals surface area contributed by atoms with Gasteiger partial charge in [0, 0.05) is 61.9 Å². The molecule has 2 aromatic carbocycles. The van der Waals surface area contributed by atoms with Gasteiger partial charge in [-0.1, -0.05) is 25.1 Å². The number of aryl methyl sites for hydroxylation is 2. The molecule has 3 heterocycles. The van der Waals surface area contributed by atoms with Gasteiger partial charge >= 0.3 is 6.18 Å². The summed E-state index contributed by atoms with van der Waals surface area (Å²) in [5.74, 6) is 0.300. The first-order valence-corrected chi connectivity index (χ1v) is 13.8. The minimum absolute atomic E-state index is 0.114. The predicted octanol–water partition coefficient (Wildman–Crippen LogP) is 5.77. The van der Waals surface area contributed by atoms with Gasteiger partial charge in [-0.05, 0) is 60.8 Å². The number of amides is 1. The topological polar surface area (TPSA) is 73.5 Å². The molecule has 5 rings (SSSR count). The van der Waals surface area contributed by atoms with E-state index in [0.29, 0.717) is 18.4 Å². The third kappa shape index (κ3) is 6.71. The number of nitrogens with one attached hydrogen (secondary N) is 2. The molecule has 0 radical (unpaired) electrons. The first-order chi connectivity index (χ1) is 19.7. The number of hydrogen-bond acceptors (Lipinski definition) is 5. The summed E-state index contributed by atoms with van der Waals surface area (Å²) in [6.07, 6.45) is 0.342. The van der Waals surface area contributed by atoms with Crippen LogP contribution in [0.2, 0.25) is 0 Å². The number of rotatable bonds is 9. The highest BCUT2D eigenvalue weighted by molar-refractivity contribution is 6.04. The molecule has 2 aromatic heterocycles. The Morgan fingerprint density at radius 3 is 2.54 bits per heavy atom. The molecule has 4 aromatic rings. The Balaban J connectivity index is 1.27. The van der Waals surface area contributed by atoms with Gasteiger partial charge in [-0.3, -0.25) is 9.69 Å². The maximum atomic E-state index is 14.0. The van der Waals surface area contributed by atoms with Gasteiger partial charge in [-0.25, -0.2) is 4.98 Å². The Kier molecular flexibility index (Phi) is 8.60. The molecule has 0 saturated carbocycles. The van der Waals surface area contributed by atoms with Crippen LogP contribution < -0.4 is 10.1 Å². The van der Waals surface area contributed by atoms with E-state index in [-0.39, 0.29) is 17.8 Å². The van der Waals surface area contributed by atoms with Crippen molar-refractivity contribution in [2.45, 2.75) is 32.5 Å². The van der Waals surface area contributed by atoms with Crippen LogP contribution in [0.15, 0.2) is 60.9 Å². The molecule has 41 heavy (non-hydrogen) atoms. The van der Waals surface area contributed by atoms with Crippen molar-refractivity contribution in [1.29, 1.82) is 0 Å². The summed E-state index contributed by atoms with van der Waals surface area (Å²) >= 11 is 0. The number of benzene rings is 2. The number of carbonyl (C=O) groups is 1. The van der Waals surface area contributed by atoms with Gasteiger partial charge in [-0.2, -0.15) is 13.2 Å². The first kappa shape index (κ1) is 28.6. The highest BCUT2D eigenvalue weighted by Gasteiger charge is 2.34. The molecule has 1 aliphatic rings. The number of anilines is 1. The normalized spacial score (nSPS) is 14.9. The van der Waals surface area contributed by atoms with E-state index in [1.165, 1.54) is 6.07 Å². The average molecular weight is 566 g/mol. The number of halogens is 3. The van der Waals surface area contributed by atoms with Crippen molar-refractivity contribution in [3.8, 4) is 5.75 Å². The Bertz CT molecular complexity index is 1510. The van der Waals surface area contributed by atoms with Gasteiger partial charge in [0.1, 0.15) is 11.4 Å². The zero-order valence-electron chi connectivity index (χ0n) is 23.2. The van der Waals surface area contributed by atoms with Crippen LogP contribution >= 0.6 is 0 Å². The minimum Gasteiger partial charge on any atom is -0.496 e. The number of likely N-dealkylation sites (N-methyl/N-ethyl adjacent to an activating group) is 1. The lowest BCUT2D eigenvalue weighted by atomic mass is 10.0. The number of alkyl halides is 3. The van der Waals surface area contributed by atoms with E-state index in [1.54, 1.807) is 37.6 Å². The number of H-pyrrole nitrogens is 1. The SMILES string of the molecule is CCN1CCN(Cc2ccc(NC(=O)c3cccc(CCc4cnc5[nH]ccc5c4OC)c3)cc2C(F)(F)F)CC1. The van der Waals surface area contributed by atoms with Crippen molar-refractivity contribution in [3.63, 3.8) is 0 Å². The van der Waals surface area contributed by atoms with E-state index >= 15 is 0 Å². The van der Waals surface area contributed by atoms with E-state index in [4.69, 9.17) is 4.74 Å². The van der Waals surface area contributed by atoms with E-state index in [2.05, 4.69) is 27.1 Å². The number of carbonyl (C=O) groups excluding carboxylic acids is 1. The second-order valence-electron chi connectivity index (χ2n) is 10.3. The molecule has 10 heteroatoms. The summed E-state index contributed by atoms with van der Waals surface area (Å²) in [4.78, 5) is 24.9. The second kappa shape index (κ2) is 12.3. The molecule has 1 saturated heterocycles. The van der Waals surface area contributed by atoms with E-state index in [9.17, 15) is 18.0 Å². The molecule has 1 fully saturated rings. The molecule has 2 N–H and O–H groups in total. The van der Waals surface area contributed by atoms with Crippen LogP contribution in [0, 0.1) is 0 Å². The zero-order valence-corrected chi connectivity index (χ0v) is 23.2. The van der Waals surface area contributed by atoms with E-state index in [1.807, 2.05) is 23.2 Å². The number of pyridine rings is 1. The minimum atomic E-state index is -4.53. The second-order valence-corrected chi connectivity index (χ2v) is 10.3. The molecule has 1 aliphatic heterocycles. The lowest BCUT2D eigenvalue weighted by molar-refractivity contribution is -0.138. The molecule has 0 atom stereocenters. The van der Waals surface area contributed by atoms with Crippen LogP contribution in [0.5, 0.6) is 5.75 Å². The molecule has 0 aliphatic carbocycles. The number of hydrogen-bond donors (Lipinski definition) is 2. The standard InChI is InChI=1S/C31H34F3N5O2/c1-3-38-13-15-39(16-14-38)20-24-9-10-25(18-27(24)31(32,33)34)37-30(40)22-6-4-5-21(17-22)7-8-23-19-36-29-26(11-12-35-29)28(23)41-2/h4-6,9-12,17-19H,3,7-8,13-16,20H2,1-2H3,(H,35,36)(H,37,40). The molecule has 0 spiro atoms. The lowest BCUT2D eigenvalue weighted by Gasteiger charge is -2.34. The fraction of sp³-hybridized carbons (Fsp3) is 0.355. The smallest absolute Gasteiger partial charge is 0.416 e. The van der Waals surface area contributed by atoms with Crippen LogP contribution in [0.25, 0.3) is 11.0 Å². The molecule has 216 valence electrons. The maximum Gasteiger partial charge on any atom is 0.416 e. The average Bonchev–Trinajstić information content (AvgIpc) is 3.45. The quantitative estimate of drug-likeness (QED) is 0.270. The lowest BCUT2D eigenvalue weighted by Crippen LogP contribution is -2.45. The van der Waals surface area contributed by atoms with Crippen LogP contribution in [-0.2, 0) is 25.6 Å². The number of methoxy groups -OCH3 is 1. The third-order valence-corrected chi connectivity index (χ3v) is 7.67. The molecular weight excluding hydrogens is 531 g/mol. The fourth-order valence-corrected chi connectivity index (χ4v) is 5.35. The maximum absolute atomic E-state index is 14.0. The predicted molar refractivity (Wildman–Crippen MR) is 153 cm³/mol. The van der Waals surface area contributed by atoms with Gasteiger partial charge in [0.05, 0.1) is 18.1 Å². The summed E-state index contributed by atoms with van der Waals surface area (Å²) < 4.78 is 47.6. The number of nitrogens with zero attached hydrogens (tertiary/aromatic N) is 3. The first-order valence-electron chi connectivity index (χ1n) is 13.8. The van der Waals surface area contributed by atoms with Crippen molar-refractivity contribution in [3.05, 3.63) is 88.7 Å². The summed E-state index contributed by atoms with van der Waals surface area (Å²) in [6, 6.07) is 13.1. The molecule has 7 nitrogen and oxygen atoms in total. The van der Waals surface area contributed by atoms with Crippen molar-refractivity contribution >= 4 is 22.6 Å². The molecular formula is C31H34F3N5O2. The van der Waals surface area contributed by atoms with E-state index in [0.717, 1.165) is 66.7 Å². The third-order valence-electron chi connectivity index (χ3n) is 7.67. The summed E-state index contributed by atoms with van der Waals surface area (Å²) in [6.45, 7) is 6.39. The Hall–Kier alpha value is -3.89. The monoisotopic (exact) mass is 565 g/mol. The van der Waals surface area contributed by atoms with Crippen molar-refractivity contribution in [1.82, 2.24) is 19.8 Å². The van der Waals surface area contributed by atoms with Crippen LogP contribution in [0.1, 0.15) is 39.5 Å². The summed E-state index contributed by atoms with van der Waals surface area (Å²) in [5, 5.41) is 3.56. The Labute approximate surface area is 237 Å².